The first kappa shape index (κ1) is 6.33. The van der Waals surface area contributed by atoms with Crippen LogP contribution in [0.2, 0.25) is 0 Å². The molecule has 7 nitrogen and oxygen atoms in total. The van der Waals surface area contributed by atoms with Crippen molar-refractivity contribution in [3.8, 4) is 5.88 Å². The maximum Gasteiger partial charge on any atom is 0.498 e. The zero-order valence-corrected chi connectivity index (χ0v) is 4.53. The lowest BCUT2D eigenvalue weighted by molar-refractivity contribution is -0.403. The van der Waals surface area contributed by atoms with E-state index in [4.69, 9.17) is 5.11 Å². The highest BCUT2D eigenvalue weighted by Crippen LogP contribution is 2.18. The van der Waals surface area contributed by atoms with Crippen molar-refractivity contribution < 1.29 is 14.4 Å². The molecule has 0 bridgehead atoms. The monoisotopic (exact) mass is 146 g/mol. The van der Waals surface area contributed by atoms with Crippen LogP contribution in [0.15, 0.2) is 9.21 Å². The molecular weight excluding hydrogens is 144 g/mol. The molecule has 10 heavy (non-hydrogen) atoms. The fourth-order valence-corrected chi connectivity index (χ4v) is 0.436. The van der Waals surface area contributed by atoms with Gasteiger partial charge in [0.25, 0.3) is 0 Å². The van der Waals surface area contributed by atoms with Crippen molar-refractivity contribution in [3.05, 3.63) is 20.7 Å². The van der Waals surface area contributed by atoms with Crippen LogP contribution < -0.4 is 5.76 Å². The quantitative estimate of drug-likeness (QED) is 0.413. The van der Waals surface area contributed by atoms with Crippen molar-refractivity contribution in [3.63, 3.8) is 0 Å². The number of nitrogens with zero attached hydrogens (tertiary/aromatic N) is 1. The summed E-state index contributed by atoms with van der Waals surface area (Å²) in [5.41, 5.74) is 0. The van der Waals surface area contributed by atoms with E-state index in [-0.39, 0.29) is 0 Å². The lowest BCUT2D eigenvalue weighted by Crippen LogP contribution is -1.93. The van der Waals surface area contributed by atoms with Crippen molar-refractivity contribution in [2.45, 2.75) is 0 Å². The summed E-state index contributed by atoms with van der Waals surface area (Å²) < 4.78 is 3.92. The molecule has 1 aromatic heterocycles. The Balaban J connectivity index is 3.28. The molecule has 0 spiro atoms. The van der Waals surface area contributed by atoms with Gasteiger partial charge in [-0.25, -0.2) is 4.79 Å². The summed E-state index contributed by atoms with van der Waals surface area (Å²) in [7, 11) is 0. The minimum Gasteiger partial charge on any atom is -0.487 e. The predicted molar refractivity (Wildman–Crippen MR) is 27.6 cm³/mol. The molecule has 0 aromatic carbocycles. The molecule has 0 saturated carbocycles. The summed E-state index contributed by atoms with van der Waals surface area (Å²) in [5, 5.41) is 18.3. The van der Waals surface area contributed by atoms with E-state index in [1.807, 2.05) is 0 Å². The lowest BCUT2D eigenvalue weighted by atomic mass is 10.8. The van der Waals surface area contributed by atoms with Gasteiger partial charge in [-0.05, 0) is 0 Å². The third-order valence-corrected chi connectivity index (χ3v) is 0.778. The maximum atomic E-state index is 10.1. The van der Waals surface area contributed by atoms with E-state index in [0.717, 1.165) is 0 Å². The highest BCUT2D eigenvalue weighted by molar-refractivity contribution is 5.25. The zero-order chi connectivity index (χ0) is 7.72. The normalized spacial score (nSPS) is 9.60. The largest absolute Gasteiger partial charge is 0.498 e. The number of rotatable bonds is 1. The molecule has 7 heteroatoms. The highest BCUT2D eigenvalue weighted by Gasteiger charge is 2.19. The average Bonchev–Trinajstić information content (AvgIpc) is 2.10. The predicted octanol–water partition coefficient (Wildman–Crippen LogP) is -0.418. The van der Waals surface area contributed by atoms with Crippen molar-refractivity contribution in [1.82, 2.24) is 4.98 Å². The Morgan fingerprint density at radius 3 is 2.50 bits per heavy atom. The van der Waals surface area contributed by atoms with Gasteiger partial charge in [-0.3, -0.25) is 15.1 Å². The average molecular weight is 146 g/mol. The second-order valence-electron chi connectivity index (χ2n) is 1.43. The summed E-state index contributed by atoms with van der Waals surface area (Å²) in [5.74, 6) is -2.88. The molecule has 0 fully saturated rings. The fraction of sp³-hybridized carbons (Fsp3) is 0. The number of aromatic hydroxyl groups is 1. The molecule has 1 aromatic rings. The number of H-pyrrole nitrogens is 1. The first-order chi connectivity index (χ1) is 4.61. The Morgan fingerprint density at radius 1 is 1.70 bits per heavy atom. The second-order valence-corrected chi connectivity index (χ2v) is 1.43. The minimum absolute atomic E-state index is 0.866. The van der Waals surface area contributed by atoms with Crippen molar-refractivity contribution in [2.24, 2.45) is 0 Å². The van der Waals surface area contributed by atoms with Gasteiger partial charge in [-0.1, -0.05) is 0 Å². The third-order valence-electron chi connectivity index (χ3n) is 0.778. The Labute approximate surface area is 53.1 Å². The van der Waals surface area contributed by atoms with Crippen LogP contribution >= 0.6 is 0 Å². The fourth-order valence-electron chi connectivity index (χ4n) is 0.436. The Bertz CT molecular complexity index is 309. The maximum absolute atomic E-state index is 10.1. The number of aromatic nitrogens is 1. The third kappa shape index (κ3) is 0.835. The van der Waals surface area contributed by atoms with Crippen LogP contribution in [0.1, 0.15) is 0 Å². The molecule has 2 N–H and O–H groups in total. The van der Waals surface area contributed by atoms with Gasteiger partial charge < -0.3 is 9.52 Å². The van der Waals surface area contributed by atoms with Crippen LogP contribution in [0.25, 0.3) is 0 Å². The molecule has 0 amide bonds. The standard InChI is InChI=1S/C3H2N2O5/c6-1-2(5(8)9)10-3(7)4-1/h6H,(H,4,7). The van der Waals surface area contributed by atoms with E-state index >= 15 is 0 Å². The minimum atomic E-state index is -1.05. The van der Waals surface area contributed by atoms with E-state index in [2.05, 4.69) is 4.42 Å². The molecule has 0 aliphatic rings. The van der Waals surface area contributed by atoms with Gasteiger partial charge in [0.15, 0.2) is 0 Å². The van der Waals surface area contributed by atoms with Gasteiger partial charge in [0, 0.05) is 0 Å². The molecule has 0 aliphatic heterocycles. The summed E-state index contributed by atoms with van der Waals surface area (Å²) in [6, 6.07) is 0. The number of nitrogens with one attached hydrogen (secondary N) is 1. The second kappa shape index (κ2) is 1.87. The van der Waals surface area contributed by atoms with Crippen molar-refractivity contribution >= 4 is 5.88 Å². The number of oxazole rings is 1. The number of hydrogen-bond donors (Lipinski definition) is 2. The first-order valence-electron chi connectivity index (χ1n) is 2.17. The molecule has 0 saturated heterocycles. The molecule has 1 rings (SSSR count). The van der Waals surface area contributed by atoms with Gasteiger partial charge in [0.2, 0.25) is 0 Å². The smallest absolute Gasteiger partial charge is 0.487 e. The molecule has 0 unspecified atom stereocenters. The van der Waals surface area contributed by atoms with Crippen LogP contribution in [-0.2, 0) is 0 Å². The number of hydrogen-bond acceptors (Lipinski definition) is 5. The van der Waals surface area contributed by atoms with Gasteiger partial charge in [-0.15, -0.1) is 0 Å². The Morgan fingerprint density at radius 2 is 2.30 bits per heavy atom. The summed E-state index contributed by atoms with van der Waals surface area (Å²) in [6.45, 7) is 0. The van der Waals surface area contributed by atoms with Crippen molar-refractivity contribution in [1.29, 1.82) is 0 Å². The van der Waals surface area contributed by atoms with Crippen LogP contribution in [-0.4, -0.2) is 15.0 Å². The summed E-state index contributed by atoms with van der Waals surface area (Å²) >= 11 is 0. The number of nitro groups is 1. The molecule has 0 aliphatic carbocycles. The van der Waals surface area contributed by atoms with Gasteiger partial charge in [-0.2, -0.15) is 0 Å². The van der Waals surface area contributed by atoms with E-state index in [1.54, 1.807) is 4.98 Å². The van der Waals surface area contributed by atoms with Crippen LogP contribution in [0, 0.1) is 10.1 Å². The van der Waals surface area contributed by atoms with E-state index in [9.17, 15) is 14.9 Å². The van der Waals surface area contributed by atoms with E-state index in [1.165, 1.54) is 0 Å². The number of aromatic amines is 1. The molecular formula is C3H2N2O5. The van der Waals surface area contributed by atoms with Crippen LogP contribution in [0.5, 0.6) is 5.88 Å². The highest BCUT2D eigenvalue weighted by atomic mass is 16.7. The van der Waals surface area contributed by atoms with E-state index < -0.39 is 22.4 Å². The zero-order valence-electron chi connectivity index (χ0n) is 4.53. The van der Waals surface area contributed by atoms with Gasteiger partial charge in [0.1, 0.15) is 4.92 Å². The van der Waals surface area contributed by atoms with Crippen molar-refractivity contribution in [2.75, 3.05) is 0 Å². The summed E-state index contributed by atoms with van der Waals surface area (Å²) in [4.78, 5) is 20.6. The molecule has 0 atom stereocenters. The first-order valence-corrected chi connectivity index (χ1v) is 2.17. The molecule has 0 radical (unpaired) electrons. The Kier molecular flexibility index (Phi) is 1.18. The lowest BCUT2D eigenvalue weighted by Gasteiger charge is -1.79. The molecule has 54 valence electrons. The Hall–Kier alpha value is -1.79. The van der Waals surface area contributed by atoms with E-state index in [0.29, 0.717) is 0 Å². The topological polar surface area (TPSA) is 109 Å². The van der Waals surface area contributed by atoms with Crippen LogP contribution in [0.3, 0.4) is 0 Å². The SMILES string of the molecule is O=c1[nH]c(O)c([N+](=O)[O-])o1. The van der Waals surface area contributed by atoms with Crippen LogP contribution in [0.4, 0.5) is 5.88 Å². The van der Waals surface area contributed by atoms with Gasteiger partial charge in [0.05, 0.1) is 0 Å². The molecule has 1 heterocycles. The van der Waals surface area contributed by atoms with Gasteiger partial charge >= 0.3 is 17.5 Å². The summed E-state index contributed by atoms with van der Waals surface area (Å²) in [6.07, 6.45) is 0.